The van der Waals surface area contributed by atoms with Gasteiger partial charge in [-0.05, 0) is 38.1 Å². The van der Waals surface area contributed by atoms with E-state index in [1.165, 1.54) is 11.1 Å². The van der Waals surface area contributed by atoms with Gasteiger partial charge in [-0.15, -0.1) is 0 Å². The van der Waals surface area contributed by atoms with Crippen LogP contribution in [0.5, 0.6) is 0 Å². The maximum atomic E-state index is 5.63. The van der Waals surface area contributed by atoms with Gasteiger partial charge in [0, 0.05) is 18.8 Å². The number of benzene rings is 1. The van der Waals surface area contributed by atoms with Crippen molar-refractivity contribution >= 4 is 5.69 Å². The second kappa shape index (κ2) is 5.56. The highest BCUT2D eigenvalue weighted by atomic mass is 15.1. The van der Waals surface area contributed by atoms with Crippen LogP contribution >= 0.6 is 0 Å². The summed E-state index contributed by atoms with van der Waals surface area (Å²) in [6, 6.07) is 8.08. The SMILES string of the molecule is C=C(C)CN(C)CCc1ccc(N)cc1. The minimum atomic E-state index is 0.828. The molecule has 2 heteroatoms. The Kier molecular flexibility index (Phi) is 4.37. The summed E-state index contributed by atoms with van der Waals surface area (Å²) in [6.07, 6.45) is 1.06. The molecule has 2 nitrogen and oxygen atoms in total. The zero-order valence-electron chi connectivity index (χ0n) is 9.66. The van der Waals surface area contributed by atoms with Crippen molar-refractivity contribution in [3.63, 3.8) is 0 Å². The maximum absolute atomic E-state index is 5.63. The fourth-order valence-corrected chi connectivity index (χ4v) is 1.54. The van der Waals surface area contributed by atoms with E-state index in [4.69, 9.17) is 5.73 Å². The Morgan fingerprint density at radius 2 is 1.93 bits per heavy atom. The van der Waals surface area contributed by atoms with Gasteiger partial charge in [0.25, 0.3) is 0 Å². The summed E-state index contributed by atoms with van der Waals surface area (Å²) in [7, 11) is 2.12. The Morgan fingerprint density at radius 1 is 1.33 bits per heavy atom. The molecule has 0 aliphatic rings. The molecule has 0 heterocycles. The molecule has 1 aromatic carbocycles. The van der Waals surface area contributed by atoms with Gasteiger partial charge in [-0.1, -0.05) is 24.3 Å². The van der Waals surface area contributed by atoms with Crippen molar-refractivity contribution in [1.82, 2.24) is 4.90 Å². The minimum absolute atomic E-state index is 0.828. The van der Waals surface area contributed by atoms with Crippen LogP contribution in [-0.4, -0.2) is 25.0 Å². The van der Waals surface area contributed by atoms with Gasteiger partial charge in [0.15, 0.2) is 0 Å². The molecule has 0 spiro atoms. The van der Waals surface area contributed by atoms with Gasteiger partial charge in [0.1, 0.15) is 0 Å². The third kappa shape index (κ3) is 4.66. The Labute approximate surface area is 92.4 Å². The third-order valence-electron chi connectivity index (χ3n) is 2.30. The van der Waals surface area contributed by atoms with Crippen LogP contribution in [0.15, 0.2) is 36.4 Å². The number of likely N-dealkylation sites (N-methyl/N-ethyl adjacent to an activating group) is 1. The molecule has 0 saturated carbocycles. The van der Waals surface area contributed by atoms with Crippen molar-refractivity contribution in [2.24, 2.45) is 0 Å². The van der Waals surface area contributed by atoms with Gasteiger partial charge < -0.3 is 10.6 Å². The average molecular weight is 204 g/mol. The second-order valence-corrected chi connectivity index (χ2v) is 4.19. The van der Waals surface area contributed by atoms with Crippen LogP contribution in [-0.2, 0) is 6.42 Å². The van der Waals surface area contributed by atoms with E-state index in [1.54, 1.807) is 0 Å². The summed E-state index contributed by atoms with van der Waals surface area (Å²) in [5, 5.41) is 0. The van der Waals surface area contributed by atoms with Crippen molar-refractivity contribution in [2.45, 2.75) is 13.3 Å². The first-order chi connectivity index (χ1) is 7.08. The van der Waals surface area contributed by atoms with Crippen LogP contribution in [0.25, 0.3) is 0 Å². The van der Waals surface area contributed by atoms with Gasteiger partial charge >= 0.3 is 0 Å². The molecule has 0 aliphatic carbocycles. The monoisotopic (exact) mass is 204 g/mol. The van der Waals surface area contributed by atoms with Gasteiger partial charge in [0.05, 0.1) is 0 Å². The number of hydrogen-bond donors (Lipinski definition) is 1. The first-order valence-electron chi connectivity index (χ1n) is 5.25. The predicted octanol–water partition coefficient (Wildman–Crippen LogP) is 2.32. The number of nitrogen functional groups attached to an aromatic ring is 1. The largest absolute Gasteiger partial charge is 0.399 e. The lowest BCUT2D eigenvalue weighted by molar-refractivity contribution is 0.367. The number of rotatable bonds is 5. The summed E-state index contributed by atoms with van der Waals surface area (Å²) in [5.41, 5.74) is 8.99. The topological polar surface area (TPSA) is 29.3 Å². The van der Waals surface area contributed by atoms with Crippen molar-refractivity contribution in [2.75, 3.05) is 25.9 Å². The van der Waals surface area contributed by atoms with E-state index >= 15 is 0 Å². The average Bonchev–Trinajstić information content (AvgIpc) is 2.16. The summed E-state index contributed by atoms with van der Waals surface area (Å²) >= 11 is 0. The summed E-state index contributed by atoms with van der Waals surface area (Å²) in [5.74, 6) is 0. The van der Waals surface area contributed by atoms with E-state index in [2.05, 4.69) is 37.6 Å². The molecule has 0 atom stereocenters. The second-order valence-electron chi connectivity index (χ2n) is 4.19. The van der Waals surface area contributed by atoms with Crippen molar-refractivity contribution in [1.29, 1.82) is 0 Å². The fourth-order valence-electron chi connectivity index (χ4n) is 1.54. The Morgan fingerprint density at radius 3 is 2.47 bits per heavy atom. The molecular weight excluding hydrogens is 184 g/mol. The molecule has 0 unspecified atom stereocenters. The highest BCUT2D eigenvalue weighted by Gasteiger charge is 1.99. The lowest BCUT2D eigenvalue weighted by Crippen LogP contribution is -2.22. The highest BCUT2D eigenvalue weighted by Crippen LogP contribution is 2.06. The molecule has 0 bridgehead atoms. The Balaban J connectivity index is 2.36. The lowest BCUT2D eigenvalue weighted by atomic mass is 10.1. The highest BCUT2D eigenvalue weighted by molar-refractivity contribution is 5.39. The van der Waals surface area contributed by atoms with E-state index in [-0.39, 0.29) is 0 Å². The number of hydrogen-bond acceptors (Lipinski definition) is 2. The molecular formula is C13H20N2. The Hall–Kier alpha value is -1.28. The van der Waals surface area contributed by atoms with E-state index in [9.17, 15) is 0 Å². The molecule has 1 aromatic rings. The molecule has 2 N–H and O–H groups in total. The zero-order valence-corrected chi connectivity index (χ0v) is 9.66. The van der Waals surface area contributed by atoms with Gasteiger partial charge in [-0.3, -0.25) is 0 Å². The zero-order chi connectivity index (χ0) is 11.3. The molecule has 0 aromatic heterocycles. The minimum Gasteiger partial charge on any atom is -0.399 e. The van der Waals surface area contributed by atoms with Crippen LogP contribution < -0.4 is 5.73 Å². The molecule has 0 aliphatic heterocycles. The summed E-state index contributed by atoms with van der Waals surface area (Å²) in [4.78, 5) is 2.28. The van der Waals surface area contributed by atoms with E-state index in [0.29, 0.717) is 0 Å². The van der Waals surface area contributed by atoms with Gasteiger partial charge in [-0.2, -0.15) is 0 Å². The van der Waals surface area contributed by atoms with Crippen LogP contribution in [0.1, 0.15) is 12.5 Å². The van der Waals surface area contributed by atoms with Crippen molar-refractivity contribution < 1.29 is 0 Å². The van der Waals surface area contributed by atoms with E-state index < -0.39 is 0 Å². The third-order valence-corrected chi connectivity index (χ3v) is 2.30. The molecule has 0 saturated heterocycles. The molecule has 0 radical (unpaired) electrons. The van der Waals surface area contributed by atoms with Crippen LogP contribution in [0.4, 0.5) is 5.69 Å². The maximum Gasteiger partial charge on any atom is 0.0314 e. The van der Waals surface area contributed by atoms with Gasteiger partial charge in [0.2, 0.25) is 0 Å². The number of anilines is 1. The molecule has 15 heavy (non-hydrogen) atoms. The molecule has 82 valence electrons. The van der Waals surface area contributed by atoms with Crippen LogP contribution in [0, 0.1) is 0 Å². The van der Waals surface area contributed by atoms with Crippen molar-refractivity contribution in [3.8, 4) is 0 Å². The van der Waals surface area contributed by atoms with E-state index in [0.717, 1.165) is 25.2 Å². The quantitative estimate of drug-likeness (QED) is 0.589. The normalized spacial score (nSPS) is 10.6. The predicted molar refractivity (Wildman–Crippen MR) is 66.9 cm³/mol. The van der Waals surface area contributed by atoms with Crippen LogP contribution in [0.2, 0.25) is 0 Å². The van der Waals surface area contributed by atoms with Crippen molar-refractivity contribution in [3.05, 3.63) is 42.0 Å². The summed E-state index contributed by atoms with van der Waals surface area (Å²) < 4.78 is 0. The van der Waals surface area contributed by atoms with Gasteiger partial charge in [-0.25, -0.2) is 0 Å². The molecule has 0 fully saturated rings. The molecule has 0 amide bonds. The summed E-state index contributed by atoms with van der Waals surface area (Å²) in [6.45, 7) is 7.98. The lowest BCUT2D eigenvalue weighted by Gasteiger charge is -2.16. The first-order valence-corrected chi connectivity index (χ1v) is 5.25. The smallest absolute Gasteiger partial charge is 0.0314 e. The standard InChI is InChI=1S/C13H20N2/c1-11(2)10-15(3)9-8-12-4-6-13(14)7-5-12/h4-7H,1,8-10,14H2,2-3H3. The van der Waals surface area contributed by atoms with Crippen LogP contribution in [0.3, 0.4) is 0 Å². The molecule has 1 rings (SSSR count). The number of nitrogens with zero attached hydrogens (tertiary/aromatic N) is 1. The number of nitrogens with two attached hydrogens (primary N) is 1. The Bertz CT molecular complexity index is 314. The first kappa shape index (κ1) is 11.8. The van der Waals surface area contributed by atoms with E-state index in [1.807, 2.05) is 12.1 Å². The fraction of sp³-hybridized carbons (Fsp3) is 0.385.